The summed E-state index contributed by atoms with van der Waals surface area (Å²) in [5, 5.41) is 6.32. The van der Waals surface area contributed by atoms with E-state index in [1.807, 2.05) is 20.8 Å². The van der Waals surface area contributed by atoms with E-state index in [4.69, 9.17) is 5.73 Å². The first-order valence-corrected chi connectivity index (χ1v) is 8.64. The molecule has 1 unspecified atom stereocenters. The highest BCUT2D eigenvalue weighted by Crippen LogP contribution is 2.21. The summed E-state index contributed by atoms with van der Waals surface area (Å²) in [6.07, 6.45) is 0.992. The molecule has 0 aliphatic heterocycles. The van der Waals surface area contributed by atoms with Crippen LogP contribution in [-0.2, 0) is 18.3 Å². The average molecular weight is 384 g/mol. The average Bonchev–Trinajstić information content (AvgIpc) is 2.77. The van der Waals surface area contributed by atoms with Crippen LogP contribution >= 0.6 is 12.4 Å². The number of carbonyl (C=O) groups excluding carboxylic acids is 1. The molecule has 0 saturated heterocycles. The number of fused-ring (bicyclic) bond motifs is 1. The van der Waals surface area contributed by atoms with Crippen molar-refractivity contribution in [2.45, 2.75) is 53.0 Å². The molecule has 26 heavy (non-hydrogen) atoms. The monoisotopic (exact) mass is 383 g/mol. The van der Waals surface area contributed by atoms with Gasteiger partial charge in [0.15, 0.2) is 5.65 Å². The highest BCUT2D eigenvalue weighted by Gasteiger charge is 2.26. The Morgan fingerprint density at radius 1 is 1.38 bits per heavy atom. The Kier molecular flexibility index (Phi) is 7.02. The summed E-state index contributed by atoms with van der Waals surface area (Å²) in [4.78, 5) is 29.2. The molecule has 2 heterocycles. The van der Waals surface area contributed by atoms with Crippen molar-refractivity contribution >= 4 is 29.3 Å². The van der Waals surface area contributed by atoms with E-state index in [9.17, 15) is 9.59 Å². The molecule has 0 fully saturated rings. The fourth-order valence-electron chi connectivity index (χ4n) is 3.54. The molecule has 4 N–H and O–H groups in total. The normalized spacial score (nSPS) is 13.5. The summed E-state index contributed by atoms with van der Waals surface area (Å²) in [7, 11) is 1.75. The number of H-pyrrole nitrogens is 1. The quantitative estimate of drug-likeness (QED) is 0.706. The number of nitrogens with zero attached hydrogens (tertiary/aromatic N) is 2. The maximum atomic E-state index is 12.6. The number of nitrogens with two attached hydrogens (primary N) is 1. The molecule has 0 aliphatic rings. The second-order valence-corrected chi connectivity index (χ2v) is 7.59. The van der Waals surface area contributed by atoms with Crippen LogP contribution < -0.4 is 16.6 Å². The minimum absolute atomic E-state index is 0. The highest BCUT2D eigenvalue weighted by atomic mass is 35.5. The van der Waals surface area contributed by atoms with Gasteiger partial charge in [-0.2, -0.15) is 0 Å². The minimum atomic E-state index is -0.436. The summed E-state index contributed by atoms with van der Waals surface area (Å²) in [6.45, 7) is 10.3. The first kappa shape index (κ1) is 22.2. The van der Waals surface area contributed by atoms with Crippen molar-refractivity contribution in [3.05, 3.63) is 27.2 Å². The number of nitrogens with one attached hydrogen (secondary N) is 2. The maximum absolute atomic E-state index is 12.6. The fraction of sp³-hybridized carbons (Fsp3) is 0.611. The molecule has 0 aliphatic carbocycles. The number of amides is 1. The van der Waals surface area contributed by atoms with Crippen LogP contribution in [0.2, 0.25) is 0 Å². The zero-order valence-corrected chi connectivity index (χ0v) is 17.2. The van der Waals surface area contributed by atoms with Gasteiger partial charge in [-0.3, -0.25) is 19.4 Å². The molecule has 2 rings (SSSR count). The molecule has 2 aromatic heterocycles. The number of carbonyl (C=O) groups is 1. The molecule has 146 valence electrons. The van der Waals surface area contributed by atoms with Crippen molar-refractivity contribution in [2.75, 3.05) is 6.54 Å². The summed E-state index contributed by atoms with van der Waals surface area (Å²) < 4.78 is 1.61. The highest BCUT2D eigenvalue weighted by molar-refractivity contribution is 5.85. The fourth-order valence-corrected chi connectivity index (χ4v) is 3.54. The van der Waals surface area contributed by atoms with Crippen molar-refractivity contribution < 1.29 is 4.79 Å². The number of halogens is 1. The number of aromatic nitrogens is 3. The molecule has 8 heteroatoms. The lowest BCUT2D eigenvalue weighted by atomic mass is 9.90. The molecule has 7 nitrogen and oxygen atoms in total. The van der Waals surface area contributed by atoms with Crippen molar-refractivity contribution in [3.63, 3.8) is 0 Å². The van der Waals surface area contributed by atoms with E-state index in [0.29, 0.717) is 23.5 Å². The summed E-state index contributed by atoms with van der Waals surface area (Å²) in [6, 6.07) is 0. The number of hydrogen-bond donors (Lipinski definition) is 3. The van der Waals surface area contributed by atoms with Gasteiger partial charge in [0, 0.05) is 24.8 Å². The first-order valence-electron chi connectivity index (χ1n) is 8.64. The third-order valence-electron chi connectivity index (χ3n) is 4.66. The molecule has 2 aromatic rings. The molecular formula is C18H30ClN5O2. The van der Waals surface area contributed by atoms with E-state index in [-0.39, 0.29) is 30.3 Å². The van der Waals surface area contributed by atoms with Gasteiger partial charge in [0.25, 0.3) is 5.56 Å². The predicted molar refractivity (Wildman–Crippen MR) is 107 cm³/mol. The second kappa shape index (κ2) is 8.22. The number of hydrogen-bond acceptors (Lipinski definition) is 4. The zero-order chi connectivity index (χ0) is 18.9. The van der Waals surface area contributed by atoms with Crippen LogP contribution in [0.4, 0.5) is 0 Å². The van der Waals surface area contributed by atoms with Gasteiger partial charge in [-0.15, -0.1) is 12.4 Å². The lowest BCUT2D eigenvalue weighted by Crippen LogP contribution is -2.52. The standard InChI is InChI=1S/C18H29N5O2.ClH/c1-10(2)8-18(5,9-19)21-14(24)7-13-11(3)15-16(20-12(13)4)23(6)22-17(15)25;/h10H,7-9,19H2,1-6H3,(H,21,24)(H,22,25);1H. The smallest absolute Gasteiger partial charge is 0.273 e. The van der Waals surface area contributed by atoms with Gasteiger partial charge < -0.3 is 11.1 Å². The Labute approximate surface area is 160 Å². The van der Waals surface area contributed by atoms with Crippen LogP contribution in [0.3, 0.4) is 0 Å². The number of aryl methyl sites for hydroxylation is 3. The molecular weight excluding hydrogens is 354 g/mol. The van der Waals surface area contributed by atoms with Gasteiger partial charge in [-0.1, -0.05) is 13.8 Å². The molecule has 0 radical (unpaired) electrons. The Bertz CT molecular complexity index is 855. The van der Waals surface area contributed by atoms with E-state index in [1.165, 1.54) is 0 Å². The van der Waals surface area contributed by atoms with E-state index >= 15 is 0 Å². The lowest BCUT2D eigenvalue weighted by molar-refractivity contribution is -0.122. The minimum Gasteiger partial charge on any atom is -0.349 e. The Morgan fingerprint density at radius 2 is 2.00 bits per heavy atom. The predicted octanol–water partition coefficient (Wildman–Crippen LogP) is 1.72. The van der Waals surface area contributed by atoms with Crippen LogP contribution in [0.25, 0.3) is 11.0 Å². The maximum Gasteiger partial charge on any atom is 0.273 e. The molecule has 0 spiro atoms. The third kappa shape index (κ3) is 4.45. The van der Waals surface area contributed by atoms with Crippen LogP contribution in [0, 0.1) is 19.8 Å². The number of rotatable bonds is 6. The Hall–Kier alpha value is -1.86. The number of aromatic amines is 1. The topological polar surface area (TPSA) is 106 Å². The molecule has 1 atom stereocenters. The summed E-state index contributed by atoms with van der Waals surface area (Å²) >= 11 is 0. The van der Waals surface area contributed by atoms with E-state index < -0.39 is 5.54 Å². The third-order valence-corrected chi connectivity index (χ3v) is 4.66. The molecule has 1 amide bonds. The lowest BCUT2D eigenvalue weighted by Gasteiger charge is -2.31. The van der Waals surface area contributed by atoms with Gasteiger partial charge >= 0.3 is 0 Å². The SMILES string of the molecule is Cc1nc2c(c(C)c1CC(=O)NC(C)(CN)CC(C)C)c(=O)[nH]n2C.Cl. The van der Waals surface area contributed by atoms with E-state index in [0.717, 1.165) is 23.2 Å². The Morgan fingerprint density at radius 3 is 2.54 bits per heavy atom. The largest absolute Gasteiger partial charge is 0.349 e. The van der Waals surface area contributed by atoms with Crippen LogP contribution in [0.5, 0.6) is 0 Å². The summed E-state index contributed by atoms with van der Waals surface area (Å²) in [5.41, 5.74) is 8.22. The first-order chi connectivity index (χ1) is 11.6. The van der Waals surface area contributed by atoms with E-state index in [1.54, 1.807) is 11.7 Å². The van der Waals surface area contributed by atoms with Crippen LogP contribution in [0.1, 0.15) is 44.0 Å². The van der Waals surface area contributed by atoms with Gasteiger partial charge in [-0.05, 0) is 44.2 Å². The number of pyridine rings is 1. The van der Waals surface area contributed by atoms with Crippen molar-refractivity contribution in [3.8, 4) is 0 Å². The summed E-state index contributed by atoms with van der Waals surface area (Å²) in [5.74, 6) is 0.325. The van der Waals surface area contributed by atoms with Crippen LogP contribution in [0.15, 0.2) is 4.79 Å². The Balaban J connectivity index is 0.00000338. The van der Waals surface area contributed by atoms with Crippen molar-refractivity contribution in [1.29, 1.82) is 0 Å². The molecule has 0 saturated carbocycles. The zero-order valence-electron chi connectivity index (χ0n) is 16.4. The van der Waals surface area contributed by atoms with Gasteiger partial charge in [0.05, 0.1) is 11.8 Å². The van der Waals surface area contributed by atoms with Gasteiger partial charge in [0.1, 0.15) is 0 Å². The van der Waals surface area contributed by atoms with Crippen molar-refractivity contribution in [2.24, 2.45) is 18.7 Å². The van der Waals surface area contributed by atoms with Crippen molar-refractivity contribution in [1.82, 2.24) is 20.1 Å². The molecule has 0 aromatic carbocycles. The second-order valence-electron chi connectivity index (χ2n) is 7.59. The molecule has 0 bridgehead atoms. The van der Waals surface area contributed by atoms with Gasteiger partial charge in [-0.25, -0.2) is 4.98 Å². The van der Waals surface area contributed by atoms with E-state index in [2.05, 4.69) is 29.2 Å². The van der Waals surface area contributed by atoms with Crippen LogP contribution in [-0.4, -0.2) is 32.8 Å². The van der Waals surface area contributed by atoms with Gasteiger partial charge in [0.2, 0.25) is 5.91 Å².